The highest BCUT2D eigenvalue weighted by molar-refractivity contribution is 5.83. The minimum Gasteiger partial charge on any atom is -0.491 e. The van der Waals surface area contributed by atoms with Crippen LogP contribution in [0.4, 0.5) is 0 Å². The standard InChI is InChI=1S/C16H19N3O/c1-11(2)20-14-6-5-13-7-8-19(15(13)10-14)16-9-12(3)17-18(16)4/h5-11H,1-4H3. The first kappa shape index (κ1) is 12.8. The zero-order valence-electron chi connectivity index (χ0n) is 12.3. The van der Waals surface area contributed by atoms with Gasteiger partial charge in [0.2, 0.25) is 0 Å². The molecule has 0 aliphatic carbocycles. The summed E-state index contributed by atoms with van der Waals surface area (Å²) in [6, 6.07) is 10.4. The molecule has 0 amide bonds. The van der Waals surface area contributed by atoms with Gasteiger partial charge in [-0.1, -0.05) is 0 Å². The maximum atomic E-state index is 5.78. The van der Waals surface area contributed by atoms with Crippen molar-refractivity contribution in [3.05, 3.63) is 42.2 Å². The number of nitrogens with zero attached hydrogens (tertiary/aromatic N) is 3. The van der Waals surface area contributed by atoms with E-state index in [4.69, 9.17) is 4.74 Å². The fraction of sp³-hybridized carbons (Fsp3) is 0.312. The van der Waals surface area contributed by atoms with Crippen molar-refractivity contribution >= 4 is 10.9 Å². The zero-order chi connectivity index (χ0) is 14.3. The summed E-state index contributed by atoms with van der Waals surface area (Å²) in [6.45, 7) is 6.07. The van der Waals surface area contributed by atoms with E-state index in [2.05, 4.69) is 40.1 Å². The van der Waals surface area contributed by atoms with Crippen molar-refractivity contribution < 1.29 is 4.74 Å². The summed E-state index contributed by atoms with van der Waals surface area (Å²) in [7, 11) is 1.96. The summed E-state index contributed by atoms with van der Waals surface area (Å²) in [6.07, 6.45) is 2.25. The molecule has 0 saturated heterocycles. The number of fused-ring (bicyclic) bond motifs is 1. The van der Waals surface area contributed by atoms with E-state index in [9.17, 15) is 0 Å². The van der Waals surface area contributed by atoms with Gasteiger partial charge in [-0.25, -0.2) is 0 Å². The second-order valence-electron chi connectivity index (χ2n) is 5.34. The smallest absolute Gasteiger partial charge is 0.135 e. The van der Waals surface area contributed by atoms with Crippen molar-refractivity contribution in [3.63, 3.8) is 0 Å². The first-order valence-electron chi connectivity index (χ1n) is 6.83. The van der Waals surface area contributed by atoms with E-state index >= 15 is 0 Å². The number of hydrogen-bond acceptors (Lipinski definition) is 2. The van der Waals surface area contributed by atoms with Crippen molar-refractivity contribution in [3.8, 4) is 11.6 Å². The van der Waals surface area contributed by atoms with Crippen molar-refractivity contribution in [1.29, 1.82) is 0 Å². The lowest BCUT2D eigenvalue weighted by atomic mass is 10.2. The number of benzene rings is 1. The number of hydrogen-bond donors (Lipinski definition) is 0. The van der Waals surface area contributed by atoms with Gasteiger partial charge in [-0.15, -0.1) is 0 Å². The van der Waals surface area contributed by atoms with Gasteiger partial charge in [-0.3, -0.25) is 4.68 Å². The third-order valence-electron chi connectivity index (χ3n) is 3.26. The Hall–Kier alpha value is -2.23. The van der Waals surface area contributed by atoms with Crippen LogP contribution in [0.1, 0.15) is 19.5 Å². The van der Waals surface area contributed by atoms with E-state index in [1.54, 1.807) is 0 Å². The van der Waals surface area contributed by atoms with Gasteiger partial charge in [0, 0.05) is 30.8 Å². The predicted octanol–water partition coefficient (Wildman–Crippen LogP) is 3.46. The highest BCUT2D eigenvalue weighted by Crippen LogP contribution is 2.25. The summed E-state index contributed by atoms with van der Waals surface area (Å²) in [5, 5.41) is 5.60. The highest BCUT2D eigenvalue weighted by Gasteiger charge is 2.09. The number of ether oxygens (including phenoxy) is 1. The fourth-order valence-corrected chi connectivity index (χ4v) is 2.48. The summed E-state index contributed by atoms with van der Waals surface area (Å²) in [5.41, 5.74) is 2.14. The first-order valence-corrected chi connectivity index (χ1v) is 6.83. The van der Waals surface area contributed by atoms with E-state index in [1.807, 2.05) is 38.6 Å². The molecule has 1 aromatic carbocycles. The molecule has 0 saturated carbocycles. The van der Waals surface area contributed by atoms with Crippen LogP contribution in [0.25, 0.3) is 16.7 Å². The average Bonchev–Trinajstić information content (AvgIpc) is 2.91. The van der Waals surface area contributed by atoms with Crippen LogP contribution in [0.5, 0.6) is 5.75 Å². The summed E-state index contributed by atoms with van der Waals surface area (Å²) in [5.74, 6) is 1.95. The Balaban J connectivity index is 2.14. The molecule has 0 aliphatic heterocycles. The van der Waals surface area contributed by atoms with Crippen LogP contribution in [-0.4, -0.2) is 20.5 Å². The molecule has 0 aliphatic rings. The van der Waals surface area contributed by atoms with Crippen LogP contribution in [0.3, 0.4) is 0 Å². The van der Waals surface area contributed by atoms with Gasteiger partial charge in [-0.2, -0.15) is 5.10 Å². The molecule has 0 atom stereocenters. The quantitative estimate of drug-likeness (QED) is 0.729. The van der Waals surface area contributed by atoms with Gasteiger partial charge in [0.15, 0.2) is 0 Å². The minimum atomic E-state index is 0.176. The lowest BCUT2D eigenvalue weighted by Gasteiger charge is -2.11. The van der Waals surface area contributed by atoms with E-state index < -0.39 is 0 Å². The largest absolute Gasteiger partial charge is 0.491 e. The molecule has 0 N–H and O–H groups in total. The van der Waals surface area contributed by atoms with E-state index in [1.165, 1.54) is 5.39 Å². The topological polar surface area (TPSA) is 32.0 Å². The van der Waals surface area contributed by atoms with E-state index in [0.717, 1.165) is 22.8 Å². The van der Waals surface area contributed by atoms with Crippen molar-refractivity contribution in [2.24, 2.45) is 7.05 Å². The van der Waals surface area contributed by atoms with Gasteiger partial charge in [0.25, 0.3) is 0 Å². The third kappa shape index (κ3) is 2.18. The highest BCUT2D eigenvalue weighted by atomic mass is 16.5. The van der Waals surface area contributed by atoms with Crippen LogP contribution in [0, 0.1) is 6.92 Å². The van der Waals surface area contributed by atoms with Crippen LogP contribution in [0.2, 0.25) is 0 Å². The van der Waals surface area contributed by atoms with Crippen LogP contribution >= 0.6 is 0 Å². The molecule has 2 aromatic heterocycles. The number of aryl methyl sites for hydroxylation is 2. The SMILES string of the molecule is Cc1cc(-n2ccc3ccc(OC(C)C)cc32)n(C)n1. The first-order chi connectivity index (χ1) is 9.54. The molecular weight excluding hydrogens is 250 g/mol. The molecule has 4 heteroatoms. The Morgan fingerprint density at radius 2 is 1.95 bits per heavy atom. The Bertz CT molecular complexity index is 752. The van der Waals surface area contributed by atoms with Gasteiger partial charge >= 0.3 is 0 Å². The molecule has 2 heterocycles. The monoisotopic (exact) mass is 269 g/mol. The summed E-state index contributed by atoms with van der Waals surface area (Å²) >= 11 is 0. The maximum absolute atomic E-state index is 5.78. The third-order valence-corrected chi connectivity index (χ3v) is 3.26. The molecule has 3 rings (SSSR count). The molecule has 0 spiro atoms. The molecular formula is C16H19N3O. The van der Waals surface area contributed by atoms with Gasteiger partial charge in [-0.05, 0) is 39.0 Å². The second-order valence-corrected chi connectivity index (χ2v) is 5.34. The van der Waals surface area contributed by atoms with Gasteiger partial charge in [0.1, 0.15) is 11.6 Å². The van der Waals surface area contributed by atoms with Gasteiger partial charge in [0.05, 0.1) is 17.3 Å². The maximum Gasteiger partial charge on any atom is 0.135 e. The van der Waals surface area contributed by atoms with Crippen LogP contribution < -0.4 is 4.74 Å². The van der Waals surface area contributed by atoms with Crippen LogP contribution in [-0.2, 0) is 7.05 Å². The van der Waals surface area contributed by atoms with Crippen molar-refractivity contribution in [2.45, 2.75) is 26.9 Å². The minimum absolute atomic E-state index is 0.176. The zero-order valence-corrected chi connectivity index (χ0v) is 12.3. The van der Waals surface area contributed by atoms with Crippen molar-refractivity contribution in [1.82, 2.24) is 14.3 Å². The molecule has 4 nitrogen and oxygen atoms in total. The Kier molecular flexibility index (Phi) is 3.01. The molecule has 0 fully saturated rings. The number of aromatic nitrogens is 3. The number of rotatable bonds is 3. The average molecular weight is 269 g/mol. The second kappa shape index (κ2) is 4.71. The lowest BCUT2D eigenvalue weighted by molar-refractivity contribution is 0.242. The fourth-order valence-electron chi connectivity index (χ4n) is 2.48. The molecule has 104 valence electrons. The van der Waals surface area contributed by atoms with Crippen molar-refractivity contribution in [2.75, 3.05) is 0 Å². The van der Waals surface area contributed by atoms with E-state index in [-0.39, 0.29) is 6.10 Å². The Morgan fingerprint density at radius 1 is 1.15 bits per heavy atom. The molecule has 0 unspecified atom stereocenters. The Labute approximate surface area is 118 Å². The Morgan fingerprint density at radius 3 is 2.60 bits per heavy atom. The molecule has 20 heavy (non-hydrogen) atoms. The lowest BCUT2D eigenvalue weighted by Crippen LogP contribution is -2.05. The van der Waals surface area contributed by atoms with Crippen LogP contribution in [0.15, 0.2) is 36.5 Å². The van der Waals surface area contributed by atoms with E-state index in [0.29, 0.717) is 0 Å². The normalized spacial score (nSPS) is 11.4. The molecule has 3 aromatic rings. The predicted molar refractivity (Wildman–Crippen MR) is 80.5 cm³/mol. The van der Waals surface area contributed by atoms with Gasteiger partial charge < -0.3 is 9.30 Å². The molecule has 0 bridgehead atoms. The molecule has 0 radical (unpaired) electrons. The summed E-state index contributed by atoms with van der Waals surface area (Å²) in [4.78, 5) is 0. The summed E-state index contributed by atoms with van der Waals surface area (Å²) < 4.78 is 9.82.